The zero-order chi connectivity index (χ0) is 35.8. The van der Waals surface area contributed by atoms with Gasteiger partial charge in [-0.05, 0) is 69.0 Å². The lowest BCUT2D eigenvalue weighted by atomic mass is 9.71. The van der Waals surface area contributed by atoms with Gasteiger partial charge in [0.15, 0.2) is 0 Å². The summed E-state index contributed by atoms with van der Waals surface area (Å²) in [5.74, 6) is 1.17. The summed E-state index contributed by atoms with van der Waals surface area (Å²) < 4.78 is 6.28. The minimum absolute atomic E-state index is 0.107. The number of carbonyl (C=O) groups excluding carboxylic acids is 2. The highest BCUT2D eigenvalue weighted by Gasteiger charge is 2.60. The first kappa shape index (κ1) is 36.1. The van der Waals surface area contributed by atoms with Crippen molar-refractivity contribution in [1.82, 2.24) is 25.0 Å². The molecule has 3 amide bonds. The fraction of sp³-hybridized carbons (Fsp3) is 0.487. The van der Waals surface area contributed by atoms with Gasteiger partial charge in [0.1, 0.15) is 22.7 Å². The van der Waals surface area contributed by atoms with Gasteiger partial charge in [-0.25, -0.2) is 4.79 Å². The van der Waals surface area contributed by atoms with Gasteiger partial charge in [-0.1, -0.05) is 68.2 Å². The average Bonchev–Trinajstić information content (AvgIpc) is 3.36. The summed E-state index contributed by atoms with van der Waals surface area (Å²) in [5, 5.41) is 4.53. The van der Waals surface area contributed by atoms with E-state index in [9.17, 15) is 4.79 Å². The number of piperidine rings is 1. The molecule has 6 rings (SSSR count). The van der Waals surface area contributed by atoms with Gasteiger partial charge in [-0.15, -0.1) is 0 Å². The van der Waals surface area contributed by atoms with Crippen molar-refractivity contribution in [3.05, 3.63) is 93.2 Å². The van der Waals surface area contributed by atoms with Crippen LogP contribution in [0.25, 0.3) is 0 Å². The minimum Gasteiger partial charge on any atom is -0.493 e. The Labute approximate surface area is 306 Å². The summed E-state index contributed by atoms with van der Waals surface area (Å²) in [6.07, 6.45) is 3.00. The van der Waals surface area contributed by atoms with Gasteiger partial charge in [0, 0.05) is 78.6 Å². The first-order chi connectivity index (χ1) is 23.8. The Morgan fingerprint density at radius 2 is 1.48 bits per heavy atom. The zero-order valence-corrected chi connectivity index (χ0v) is 31.4. The number of ether oxygens (including phenoxy) is 1. The molecule has 0 aliphatic carbocycles. The first-order valence-electron chi connectivity index (χ1n) is 17.6. The van der Waals surface area contributed by atoms with Crippen molar-refractivity contribution in [3.8, 4) is 5.75 Å². The van der Waals surface area contributed by atoms with Crippen LogP contribution in [0.1, 0.15) is 76.8 Å². The number of hydrogen-bond acceptors (Lipinski definition) is 6. The van der Waals surface area contributed by atoms with Crippen molar-refractivity contribution in [2.24, 2.45) is 10.9 Å². The van der Waals surface area contributed by atoms with E-state index >= 15 is 4.79 Å². The van der Waals surface area contributed by atoms with E-state index in [1.165, 1.54) is 0 Å². The van der Waals surface area contributed by atoms with Crippen LogP contribution in [0.4, 0.5) is 4.79 Å². The standard InChI is InChI=1S/C39H48Cl2N6O3/c1-7-50-32-24-33(37(2,3)4)43-25-31(32)34-44-38(5,27-8-12-29(40)13-9-27)39(6,28-10-14-30(41)15-11-28)47(34)36(49)46-20-16-26(17-21-46)35(48)45-22-18-42-19-23-45/h8-15,24-26,42H,7,16-23H2,1-6H3. The first-order valence-corrected chi connectivity index (χ1v) is 18.4. The van der Waals surface area contributed by atoms with Gasteiger partial charge >= 0.3 is 6.03 Å². The van der Waals surface area contributed by atoms with E-state index in [4.69, 9.17) is 37.9 Å². The highest BCUT2D eigenvalue weighted by Crippen LogP contribution is 2.54. The molecular formula is C39H48Cl2N6O3. The molecule has 4 heterocycles. The number of amidine groups is 1. The predicted octanol–water partition coefficient (Wildman–Crippen LogP) is 7.24. The number of nitrogens with one attached hydrogen (secondary N) is 1. The molecule has 50 heavy (non-hydrogen) atoms. The Kier molecular flexibility index (Phi) is 10.2. The number of benzene rings is 2. The van der Waals surface area contributed by atoms with Crippen molar-refractivity contribution in [2.75, 3.05) is 45.9 Å². The third-order valence-electron chi connectivity index (χ3n) is 10.7. The zero-order valence-electron chi connectivity index (χ0n) is 29.9. The highest BCUT2D eigenvalue weighted by molar-refractivity contribution is 6.30. The van der Waals surface area contributed by atoms with Gasteiger partial charge in [-0.3, -0.25) is 19.7 Å². The van der Waals surface area contributed by atoms with Crippen LogP contribution in [0.3, 0.4) is 0 Å². The van der Waals surface area contributed by atoms with Crippen LogP contribution < -0.4 is 10.1 Å². The van der Waals surface area contributed by atoms with Gasteiger partial charge in [0.25, 0.3) is 0 Å². The van der Waals surface area contributed by atoms with Crippen molar-refractivity contribution in [2.45, 2.75) is 70.9 Å². The number of hydrogen-bond donors (Lipinski definition) is 1. The summed E-state index contributed by atoms with van der Waals surface area (Å²) in [5.41, 5.74) is 1.04. The average molecular weight is 720 g/mol. The molecular weight excluding hydrogens is 671 g/mol. The largest absolute Gasteiger partial charge is 0.493 e. The molecule has 2 saturated heterocycles. The van der Waals surface area contributed by atoms with Crippen LogP contribution >= 0.6 is 23.2 Å². The second-order valence-corrected chi connectivity index (χ2v) is 15.7. The van der Waals surface area contributed by atoms with Crippen molar-refractivity contribution >= 4 is 41.0 Å². The topological polar surface area (TPSA) is 90.4 Å². The number of halogens is 2. The molecule has 2 aromatic carbocycles. The monoisotopic (exact) mass is 718 g/mol. The predicted molar refractivity (Wildman–Crippen MR) is 199 cm³/mol. The second-order valence-electron chi connectivity index (χ2n) is 14.8. The smallest absolute Gasteiger partial charge is 0.326 e. The normalized spacial score (nSPS) is 23.2. The van der Waals surface area contributed by atoms with Crippen LogP contribution in [0.2, 0.25) is 10.0 Å². The molecule has 266 valence electrons. The second kappa shape index (κ2) is 14.2. The molecule has 1 aromatic heterocycles. The number of carbonyl (C=O) groups is 2. The fourth-order valence-corrected chi connectivity index (χ4v) is 7.71. The molecule has 3 aliphatic heterocycles. The maximum Gasteiger partial charge on any atom is 0.326 e. The Morgan fingerprint density at radius 3 is 2.04 bits per heavy atom. The van der Waals surface area contributed by atoms with Gasteiger partial charge in [0.05, 0.1) is 12.2 Å². The van der Waals surface area contributed by atoms with Crippen molar-refractivity contribution in [3.63, 3.8) is 0 Å². The summed E-state index contributed by atoms with van der Waals surface area (Å²) in [7, 11) is 0. The lowest BCUT2D eigenvalue weighted by Gasteiger charge is -2.47. The summed E-state index contributed by atoms with van der Waals surface area (Å²) in [4.78, 5) is 44.7. The number of aliphatic imine (C=N–C) groups is 1. The van der Waals surface area contributed by atoms with Gasteiger partial charge in [0.2, 0.25) is 5.91 Å². The maximum absolute atomic E-state index is 15.2. The molecule has 2 atom stereocenters. The van der Waals surface area contributed by atoms with Gasteiger partial charge in [-0.2, -0.15) is 0 Å². The lowest BCUT2D eigenvalue weighted by Crippen LogP contribution is -2.59. The Morgan fingerprint density at radius 1 is 0.900 bits per heavy atom. The van der Waals surface area contributed by atoms with Gasteiger partial charge < -0.3 is 19.9 Å². The molecule has 9 nitrogen and oxygen atoms in total. The number of urea groups is 1. The highest BCUT2D eigenvalue weighted by atomic mass is 35.5. The van der Waals surface area contributed by atoms with Crippen LogP contribution in [-0.2, 0) is 21.3 Å². The molecule has 0 spiro atoms. The Bertz CT molecular complexity index is 1740. The fourth-order valence-electron chi connectivity index (χ4n) is 7.46. The SMILES string of the molecule is CCOc1cc(C(C)(C)C)ncc1C1=NC(C)(c2ccc(Cl)cc2)C(C)(c2ccc(Cl)cc2)N1C(=O)N1CCC(C(=O)N2CCNCC2)CC1. The van der Waals surface area contributed by atoms with E-state index in [1.807, 2.05) is 76.2 Å². The Balaban J connectivity index is 1.48. The Hall–Kier alpha value is -3.66. The van der Waals surface area contributed by atoms with Crippen LogP contribution in [0, 0.1) is 5.92 Å². The number of likely N-dealkylation sites (tertiary alicyclic amines) is 1. The third-order valence-corrected chi connectivity index (χ3v) is 11.2. The molecule has 3 aliphatic rings. The summed E-state index contributed by atoms with van der Waals surface area (Å²) >= 11 is 12.8. The van der Waals surface area contributed by atoms with Crippen LogP contribution in [0.15, 0.2) is 65.8 Å². The molecule has 0 saturated carbocycles. The number of amides is 3. The number of pyridine rings is 1. The molecule has 2 fully saturated rings. The number of piperazine rings is 1. The molecule has 1 N–H and O–H groups in total. The molecule has 11 heteroatoms. The van der Waals surface area contributed by atoms with Crippen LogP contribution in [-0.4, -0.2) is 83.3 Å². The number of aromatic nitrogens is 1. The van der Waals surface area contributed by atoms with E-state index in [-0.39, 0.29) is 23.3 Å². The minimum atomic E-state index is -1.03. The maximum atomic E-state index is 15.2. The van der Waals surface area contributed by atoms with E-state index in [0.29, 0.717) is 59.7 Å². The molecule has 3 aromatic rings. The van der Waals surface area contributed by atoms with Crippen molar-refractivity contribution < 1.29 is 14.3 Å². The molecule has 0 bridgehead atoms. The summed E-state index contributed by atoms with van der Waals surface area (Å²) in [6.45, 7) is 16.8. The number of nitrogens with zero attached hydrogens (tertiary/aromatic N) is 5. The quantitative estimate of drug-likeness (QED) is 0.290. The molecule has 0 radical (unpaired) electrons. The van der Waals surface area contributed by atoms with Crippen molar-refractivity contribution in [1.29, 1.82) is 0 Å². The number of rotatable bonds is 6. The molecule has 2 unspecified atom stereocenters. The van der Waals surface area contributed by atoms with E-state index in [1.54, 1.807) is 6.20 Å². The van der Waals surface area contributed by atoms with E-state index in [0.717, 1.165) is 43.0 Å². The summed E-state index contributed by atoms with van der Waals surface area (Å²) in [6, 6.07) is 17.1. The van der Waals surface area contributed by atoms with E-state index < -0.39 is 11.1 Å². The third kappa shape index (κ3) is 6.60. The van der Waals surface area contributed by atoms with Crippen LogP contribution in [0.5, 0.6) is 5.75 Å². The lowest BCUT2D eigenvalue weighted by molar-refractivity contribution is -0.137. The van der Waals surface area contributed by atoms with E-state index in [2.05, 4.69) is 39.9 Å².